The van der Waals surface area contributed by atoms with Crippen LogP contribution in [0.15, 0.2) is 42.5 Å². The fraction of sp³-hybridized carbons (Fsp3) is 0.407. The van der Waals surface area contributed by atoms with E-state index in [4.69, 9.17) is 4.74 Å². The van der Waals surface area contributed by atoms with Crippen LogP contribution in [-0.2, 0) is 26.8 Å². The smallest absolute Gasteiger partial charge is 0.262 e. The van der Waals surface area contributed by atoms with Gasteiger partial charge in [0.15, 0.2) is 0 Å². The van der Waals surface area contributed by atoms with Gasteiger partial charge in [-0.3, -0.25) is 20.4 Å². The second-order valence-corrected chi connectivity index (χ2v) is 10.2. The molecule has 178 valence electrons. The molecule has 6 nitrogen and oxygen atoms in total. The molecule has 0 unspecified atom stereocenters. The van der Waals surface area contributed by atoms with Crippen LogP contribution in [0.4, 0.5) is 0 Å². The molecule has 2 rings (SSSR count). The summed E-state index contributed by atoms with van der Waals surface area (Å²) in [6, 6.07) is 11.2. The van der Waals surface area contributed by atoms with E-state index in [-0.39, 0.29) is 23.2 Å². The van der Waals surface area contributed by atoms with Crippen LogP contribution >= 0.6 is 0 Å². The summed E-state index contributed by atoms with van der Waals surface area (Å²) in [4.78, 5) is 24.3. The van der Waals surface area contributed by atoms with E-state index in [9.17, 15) is 14.7 Å². The number of benzene rings is 2. The molecule has 0 radical (unpaired) electrons. The van der Waals surface area contributed by atoms with E-state index in [0.29, 0.717) is 12.2 Å². The van der Waals surface area contributed by atoms with Crippen molar-refractivity contribution >= 4 is 17.9 Å². The minimum atomic E-state index is -0.422. The van der Waals surface area contributed by atoms with Crippen LogP contribution in [0.1, 0.15) is 70.2 Å². The van der Waals surface area contributed by atoms with E-state index in [1.54, 1.807) is 25.3 Å². The number of rotatable bonds is 6. The number of aryl methyl sites for hydroxylation is 1. The maximum absolute atomic E-state index is 12.3. The molecule has 2 amide bonds. The van der Waals surface area contributed by atoms with Crippen molar-refractivity contribution in [3.63, 3.8) is 0 Å². The van der Waals surface area contributed by atoms with Gasteiger partial charge in [0, 0.05) is 12.5 Å². The number of hydrogen-bond donors (Lipinski definition) is 3. The van der Waals surface area contributed by atoms with Crippen molar-refractivity contribution in [3.8, 4) is 11.5 Å². The number of hydrazine groups is 1. The summed E-state index contributed by atoms with van der Waals surface area (Å²) < 4.78 is 5.10. The standard InChI is InChI=1S/C27H36N2O4/c1-26(2,3)21-16-19(17-22(25(21)32)27(4,5)6)11-15-24(31)29-28-23(30)14-10-18-8-12-20(33-7)13-9-18/h8-10,12-14,16-17,32H,11,15H2,1-7H3,(H,28,30)(H,29,31)/b14-10+. The lowest BCUT2D eigenvalue weighted by molar-refractivity contribution is -0.126. The Labute approximate surface area is 197 Å². The maximum atomic E-state index is 12.3. The average Bonchev–Trinajstić information content (AvgIpc) is 2.74. The molecule has 0 heterocycles. The molecule has 0 aliphatic carbocycles. The molecule has 0 saturated heterocycles. The van der Waals surface area contributed by atoms with E-state index < -0.39 is 5.91 Å². The lowest BCUT2D eigenvalue weighted by Gasteiger charge is -2.28. The Morgan fingerprint density at radius 2 is 1.48 bits per heavy atom. The summed E-state index contributed by atoms with van der Waals surface area (Å²) in [7, 11) is 1.59. The minimum Gasteiger partial charge on any atom is -0.507 e. The van der Waals surface area contributed by atoms with E-state index in [2.05, 4.69) is 52.4 Å². The van der Waals surface area contributed by atoms with Crippen LogP contribution in [0.5, 0.6) is 11.5 Å². The van der Waals surface area contributed by atoms with Gasteiger partial charge in [-0.2, -0.15) is 0 Å². The maximum Gasteiger partial charge on any atom is 0.262 e. The number of phenolic OH excluding ortho intramolecular Hbond substituents is 1. The average molecular weight is 453 g/mol. The third-order valence-corrected chi connectivity index (χ3v) is 5.29. The van der Waals surface area contributed by atoms with Crippen LogP contribution in [0.3, 0.4) is 0 Å². The summed E-state index contributed by atoms with van der Waals surface area (Å²) in [5, 5.41) is 10.8. The first-order valence-corrected chi connectivity index (χ1v) is 11.1. The zero-order chi connectivity index (χ0) is 24.8. The van der Waals surface area contributed by atoms with Crippen LogP contribution < -0.4 is 15.6 Å². The van der Waals surface area contributed by atoms with Crippen molar-refractivity contribution in [2.24, 2.45) is 0 Å². The second kappa shape index (κ2) is 10.6. The molecule has 2 aromatic rings. The third kappa shape index (κ3) is 7.67. The largest absolute Gasteiger partial charge is 0.507 e. The Bertz CT molecular complexity index is 975. The van der Waals surface area contributed by atoms with Gasteiger partial charge in [0.05, 0.1) is 7.11 Å². The number of hydrogen-bond acceptors (Lipinski definition) is 4. The minimum absolute atomic E-state index is 0.209. The molecular formula is C27H36N2O4. The Morgan fingerprint density at radius 1 is 0.939 bits per heavy atom. The zero-order valence-electron chi connectivity index (χ0n) is 20.7. The molecule has 0 fully saturated rings. The topological polar surface area (TPSA) is 87.7 Å². The molecule has 2 aromatic carbocycles. The fourth-order valence-corrected chi connectivity index (χ4v) is 3.36. The summed E-state index contributed by atoms with van der Waals surface area (Å²) in [6.45, 7) is 12.3. The normalized spacial score (nSPS) is 12.0. The van der Waals surface area contributed by atoms with Crippen molar-refractivity contribution in [3.05, 3.63) is 64.7 Å². The molecule has 3 N–H and O–H groups in total. The predicted molar refractivity (Wildman–Crippen MR) is 132 cm³/mol. The van der Waals surface area contributed by atoms with Crippen molar-refractivity contribution in [1.82, 2.24) is 10.9 Å². The van der Waals surface area contributed by atoms with Gasteiger partial charge in [0.2, 0.25) is 5.91 Å². The van der Waals surface area contributed by atoms with E-state index in [1.807, 2.05) is 24.3 Å². The molecule has 33 heavy (non-hydrogen) atoms. The van der Waals surface area contributed by atoms with E-state index >= 15 is 0 Å². The lowest BCUT2D eigenvalue weighted by Crippen LogP contribution is -2.40. The van der Waals surface area contributed by atoms with Crippen LogP contribution in [-0.4, -0.2) is 24.0 Å². The molecule has 0 aromatic heterocycles. The SMILES string of the molecule is COc1ccc(/C=C/C(=O)NNC(=O)CCc2cc(C(C)(C)C)c(O)c(C(C)(C)C)c2)cc1. The summed E-state index contributed by atoms with van der Waals surface area (Å²) >= 11 is 0. The highest BCUT2D eigenvalue weighted by atomic mass is 16.5. The molecular weight excluding hydrogens is 416 g/mol. The summed E-state index contributed by atoms with van der Waals surface area (Å²) in [6.07, 6.45) is 3.71. The van der Waals surface area contributed by atoms with Crippen LogP contribution in [0.25, 0.3) is 6.08 Å². The number of methoxy groups -OCH3 is 1. The van der Waals surface area contributed by atoms with Gasteiger partial charge in [-0.15, -0.1) is 0 Å². The Hall–Kier alpha value is -3.28. The van der Waals surface area contributed by atoms with Gasteiger partial charge >= 0.3 is 0 Å². The summed E-state index contributed by atoms with van der Waals surface area (Å²) in [5.74, 6) is 0.346. The highest BCUT2D eigenvalue weighted by Crippen LogP contribution is 2.39. The predicted octanol–water partition coefficient (Wildman–Crippen LogP) is 4.79. The Morgan fingerprint density at radius 3 is 1.97 bits per heavy atom. The highest BCUT2D eigenvalue weighted by Gasteiger charge is 2.26. The highest BCUT2D eigenvalue weighted by molar-refractivity contribution is 5.93. The molecule has 6 heteroatoms. The lowest BCUT2D eigenvalue weighted by atomic mass is 9.78. The second-order valence-electron chi connectivity index (χ2n) is 10.2. The molecule has 0 aliphatic rings. The first-order valence-electron chi connectivity index (χ1n) is 11.1. The molecule has 0 atom stereocenters. The quantitative estimate of drug-likeness (QED) is 0.434. The van der Waals surface area contributed by atoms with Crippen molar-refractivity contribution in [2.75, 3.05) is 7.11 Å². The number of carbonyl (C=O) groups excluding carboxylic acids is 2. The van der Waals surface area contributed by atoms with Gasteiger partial charge in [-0.25, -0.2) is 0 Å². The number of carbonyl (C=O) groups is 2. The molecule has 0 bridgehead atoms. The Balaban J connectivity index is 1.97. The van der Waals surface area contributed by atoms with Crippen molar-refractivity contribution < 1.29 is 19.4 Å². The van der Waals surface area contributed by atoms with Gasteiger partial charge in [-0.1, -0.05) is 65.8 Å². The van der Waals surface area contributed by atoms with Gasteiger partial charge < -0.3 is 9.84 Å². The first-order chi connectivity index (χ1) is 15.3. The summed E-state index contributed by atoms with van der Waals surface area (Å²) in [5.41, 5.74) is 7.94. The Kier molecular flexibility index (Phi) is 8.31. The van der Waals surface area contributed by atoms with Gasteiger partial charge in [-0.05, 0) is 57.7 Å². The number of ether oxygens (including phenoxy) is 1. The van der Waals surface area contributed by atoms with Crippen molar-refractivity contribution in [1.29, 1.82) is 0 Å². The van der Waals surface area contributed by atoms with Gasteiger partial charge in [0.1, 0.15) is 11.5 Å². The number of nitrogens with one attached hydrogen (secondary N) is 2. The van der Waals surface area contributed by atoms with Gasteiger partial charge in [0.25, 0.3) is 5.91 Å². The third-order valence-electron chi connectivity index (χ3n) is 5.29. The zero-order valence-corrected chi connectivity index (χ0v) is 20.7. The molecule has 0 aliphatic heterocycles. The number of amides is 2. The fourth-order valence-electron chi connectivity index (χ4n) is 3.36. The number of phenols is 1. The number of aromatic hydroxyl groups is 1. The monoisotopic (exact) mass is 452 g/mol. The van der Waals surface area contributed by atoms with E-state index in [1.165, 1.54) is 6.08 Å². The first kappa shape index (κ1) is 26.0. The van der Waals surface area contributed by atoms with Crippen LogP contribution in [0.2, 0.25) is 0 Å². The van der Waals surface area contributed by atoms with Crippen LogP contribution in [0, 0.1) is 0 Å². The van der Waals surface area contributed by atoms with E-state index in [0.717, 1.165) is 28.0 Å². The molecule has 0 saturated carbocycles. The molecule has 0 spiro atoms. The van der Waals surface area contributed by atoms with Crippen molar-refractivity contribution in [2.45, 2.75) is 65.2 Å².